The molecule has 0 saturated heterocycles. The molecular weight excluding hydrogens is 180 g/mol. The Morgan fingerprint density at radius 1 is 1.36 bits per heavy atom. The third-order valence-corrected chi connectivity index (χ3v) is 1.32. The maximum absolute atomic E-state index is 5.39. The Labute approximate surface area is 86.4 Å². The molecule has 0 amide bonds. The van der Waals surface area contributed by atoms with Gasteiger partial charge >= 0.3 is 0 Å². The van der Waals surface area contributed by atoms with Crippen LogP contribution in [0.1, 0.15) is 33.6 Å². The van der Waals surface area contributed by atoms with E-state index in [0.717, 1.165) is 12.8 Å². The molecule has 0 fully saturated rings. The molecule has 0 heterocycles. The third kappa shape index (κ3) is 9.35. The van der Waals surface area contributed by atoms with Crippen molar-refractivity contribution < 1.29 is 9.57 Å². The Balaban J connectivity index is 3.36. The lowest BCUT2D eigenvalue weighted by Gasteiger charge is -2.22. The van der Waals surface area contributed by atoms with Crippen LogP contribution >= 0.6 is 0 Å². The number of rotatable bonds is 7. The van der Waals surface area contributed by atoms with Crippen molar-refractivity contribution in [3.8, 4) is 0 Å². The summed E-state index contributed by atoms with van der Waals surface area (Å²) in [5.74, 6) is 0.435. The van der Waals surface area contributed by atoms with E-state index in [-0.39, 0.29) is 5.60 Å². The fourth-order valence-electron chi connectivity index (χ4n) is 0.841. The number of hydroxylamine groups is 1. The average molecular weight is 202 g/mol. The lowest BCUT2D eigenvalue weighted by molar-refractivity contribution is -0.0321. The van der Waals surface area contributed by atoms with Crippen molar-refractivity contribution in [3.63, 3.8) is 0 Å². The van der Waals surface area contributed by atoms with Crippen LogP contribution in [0.25, 0.3) is 0 Å². The summed E-state index contributed by atoms with van der Waals surface area (Å²) in [4.78, 5) is 5.11. The molecule has 0 aromatic carbocycles. The highest BCUT2D eigenvalue weighted by atomic mass is 16.7. The molecule has 0 unspecified atom stereocenters. The molecule has 14 heavy (non-hydrogen) atoms. The molecule has 0 bridgehead atoms. The summed E-state index contributed by atoms with van der Waals surface area (Å²) in [6.07, 6.45) is 1.90. The lowest BCUT2D eigenvalue weighted by Crippen LogP contribution is -2.25. The van der Waals surface area contributed by atoms with Gasteiger partial charge in [-0.05, 0) is 46.7 Å². The van der Waals surface area contributed by atoms with Gasteiger partial charge < -0.3 is 10.5 Å². The van der Waals surface area contributed by atoms with Gasteiger partial charge in [-0.15, -0.1) is 0 Å². The molecule has 0 rings (SSSR count). The largest absolute Gasteiger partial charge is 0.472 e. The first-order chi connectivity index (χ1) is 6.45. The zero-order valence-corrected chi connectivity index (χ0v) is 9.43. The molecule has 0 aliphatic heterocycles. The van der Waals surface area contributed by atoms with Gasteiger partial charge in [0.05, 0.1) is 6.61 Å². The van der Waals surface area contributed by atoms with Gasteiger partial charge in [0.25, 0.3) is 0 Å². The number of ether oxygens (including phenoxy) is 1. The second-order valence-corrected chi connectivity index (χ2v) is 4.08. The molecule has 0 radical (unpaired) electrons. The first-order valence-electron chi connectivity index (χ1n) is 4.91. The molecule has 84 valence electrons. The molecule has 4 nitrogen and oxygen atoms in total. The van der Waals surface area contributed by atoms with Gasteiger partial charge in [0, 0.05) is 0 Å². The Bertz CT molecular complexity index is 164. The standard InChI is InChI=1S/C10H22N2O2/c1-9(14-10(2,3)4)12-13-8-6-5-7-11/h12H,1,5-8,11H2,2-4H3. The van der Waals surface area contributed by atoms with E-state index in [9.17, 15) is 0 Å². The number of nitrogens with two attached hydrogens (primary N) is 1. The van der Waals surface area contributed by atoms with E-state index < -0.39 is 0 Å². The topological polar surface area (TPSA) is 56.5 Å². The quantitative estimate of drug-likeness (QED) is 0.373. The van der Waals surface area contributed by atoms with E-state index >= 15 is 0 Å². The van der Waals surface area contributed by atoms with Gasteiger partial charge in [-0.2, -0.15) is 0 Å². The second kappa shape index (κ2) is 6.68. The summed E-state index contributed by atoms with van der Waals surface area (Å²) in [5.41, 5.74) is 7.73. The Kier molecular flexibility index (Phi) is 6.32. The first-order valence-corrected chi connectivity index (χ1v) is 4.91. The molecule has 0 aliphatic carbocycles. The minimum atomic E-state index is -0.245. The van der Waals surface area contributed by atoms with E-state index in [0.29, 0.717) is 19.0 Å². The number of hydrogen-bond donors (Lipinski definition) is 2. The molecule has 4 heteroatoms. The predicted octanol–water partition coefficient (Wildman–Crippen LogP) is 1.53. The molecule has 0 atom stereocenters. The smallest absolute Gasteiger partial charge is 0.204 e. The summed E-state index contributed by atoms with van der Waals surface area (Å²) < 4.78 is 5.39. The van der Waals surface area contributed by atoms with E-state index in [2.05, 4.69) is 12.1 Å². The van der Waals surface area contributed by atoms with Crippen molar-refractivity contribution in [2.75, 3.05) is 13.2 Å². The Morgan fingerprint density at radius 2 is 2.00 bits per heavy atom. The van der Waals surface area contributed by atoms with Gasteiger partial charge in [0.15, 0.2) is 0 Å². The molecular formula is C10H22N2O2. The predicted molar refractivity (Wildman–Crippen MR) is 57.4 cm³/mol. The van der Waals surface area contributed by atoms with Crippen LogP contribution in [-0.4, -0.2) is 18.8 Å². The fourth-order valence-corrected chi connectivity index (χ4v) is 0.841. The number of hydrogen-bond acceptors (Lipinski definition) is 4. The van der Waals surface area contributed by atoms with Gasteiger partial charge in [-0.3, -0.25) is 4.84 Å². The lowest BCUT2D eigenvalue weighted by atomic mass is 10.2. The van der Waals surface area contributed by atoms with Crippen molar-refractivity contribution in [3.05, 3.63) is 12.5 Å². The van der Waals surface area contributed by atoms with Crippen molar-refractivity contribution >= 4 is 0 Å². The number of nitrogens with one attached hydrogen (secondary N) is 1. The van der Waals surface area contributed by atoms with Crippen molar-refractivity contribution in [1.29, 1.82) is 0 Å². The zero-order valence-electron chi connectivity index (χ0n) is 9.43. The highest BCUT2D eigenvalue weighted by Crippen LogP contribution is 2.09. The van der Waals surface area contributed by atoms with Gasteiger partial charge in [-0.25, -0.2) is 5.48 Å². The third-order valence-electron chi connectivity index (χ3n) is 1.32. The SMILES string of the molecule is C=C(NOCCCCN)OC(C)(C)C. The highest BCUT2D eigenvalue weighted by Gasteiger charge is 2.11. The average Bonchev–Trinajstić information content (AvgIpc) is 2.00. The van der Waals surface area contributed by atoms with Crippen LogP contribution in [0, 0.1) is 0 Å². The van der Waals surface area contributed by atoms with Crippen LogP contribution in [0.2, 0.25) is 0 Å². The van der Waals surface area contributed by atoms with Crippen LogP contribution in [0.5, 0.6) is 0 Å². The molecule has 3 N–H and O–H groups in total. The van der Waals surface area contributed by atoms with Gasteiger partial charge in [0.1, 0.15) is 5.60 Å². The monoisotopic (exact) mass is 202 g/mol. The molecule has 0 saturated carbocycles. The van der Waals surface area contributed by atoms with Crippen LogP contribution in [0.3, 0.4) is 0 Å². The van der Waals surface area contributed by atoms with Crippen molar-refractivity contribution in [2.24, 2.45) is 5.73 Å². The van der Waals surface area contributed by atoms with Crippen molar-refractivity contribution in [2.45, 2.75) is 39.2 Å². The van der Waals surface area contributed by atoms with E-state index in [1.54, 1.807) is 0 Å². The first kappa shape index (κ1) is 13.3. The van der Waals surface area contributed by atoms with E-state index in [1.807, 2.05) is 20.8 Å². The summed E-state index contributed by atoms with van der Waals surface area (Å²) >= 11 is 0. The maximum atomic E-state index is 5.39. The molecule has 0 aliphatic rings. The molecule has 0 aromatic rings. The highest BCUT2D eigenvalue weighted by molar-refractivity contribution is 4.78. The normalized spacial score (nSPS) is 11.1. The van der Waals surface area contributed by atoms with Gasteiger partial charge in [-0.1, -0.05) is 0 Å². The zero-order chi connectivity index (χ0) is 11.0. The Hall–Kier alpha value is -0.740. The maximum Gasteiger partial charge on any atom is 0.204 e. The van der Waals surface area contributed by atoms with Crippen LogP contribution < -0.4 is 11.2 Å². The summed E-state index contributed by atoms with van der Waals surface area (Å²) in [7, 11) is 0. The summed E-state index contributed by atoms with van der Waals surface area (Å²) in [5, 5.41) is 0. The summed E-state index contributed by atoms with van der Waals surface area (Å²) in [6.45, 7) is 10.8. The van der Waals surface area contributed by atoms with Crippen molar-refractivity contribution in [1.82, 2.24) is 5.48 Å². The second-order valence-electron chi connectivity index (χ2n) is 4.08. The van der Waals surface area contributed by atoms with Gasteiger partial charge in [0.2, 0.25) is 5.88 Å². The van der Waals surface area contributed by atoms with E-state index in [4.69, 9.17) is 15.3 Å². The molecule has 0 spiro atoms. The summed E-state index contributed by atoms with van der Waals surface area (Å²) in [6, 6.07) is 0. The molecule has 0 aromatic heterocycles. The van der Waals surface area contributed by atoms with Crippen LogP contribution in [0.15, 0.2) is 12.5 Å². The van der Waals surface area contributed by atoms with Crippen LogP contribution in [-0.2, 0) is 9.57 Å². The van der Waals surface area contributed by atoms with Crippen LogP contribution in [0.4, 0.5) is 0 Å². The number of unbranched alkanes of at least 4 members (excludes halogenated alkanes) is 1. The fraction of sp³-hybridized carbons (Fsp3) is 0.800. The van der Waals surface area contributed by atoms with E-state index in [1.165, 1.54) is 0 Å². The minimum absolute atomic E-state index is 0.245. The minimum Gasteiger partial charge on any atom is -0.472 e. The Morgan fingerprint density at radius 3 is 2.50 bits per heavy atom.